The van der Waals surface area contributed by atoms with E-state index in [1.54, 1.807) is 0 Å². The number of hydrogen-bond acceptors (Lipinski definition) is 3. The van der Waals surface area contributed by atoms with Gasteiger partial charge in [0, 0.05) is 18.5 Å². The Kier molecular flexibility index (Phi) is 8.39. The van der Waals surface area contributed by atoms with Crippen molar-refractivity contribution in [2.45, 2.75) is 53.6 Å². The summed E-state index contributed by atoms with van der Waals surface area (Å²) >= 11 is 0. The molecule has 19 heavy (non-hydrogen) atoms. The molecular formula is C14H28N2O3. The summed E-state index contributed by atoms with van der Waals surface area (Å²) in [5.41, 5.74) is -0.345. The van der Waals surface area contributed by atoms with E-state index in [1.807, 2.05) is 34.6 Å². The second-order valence-electron chi connectivity index (χ2n) is 5.92. The molecular weight excluding hydrogens is 244 g/mol. The van der Waals surface area contributed by atoms with Crippen molar-refractivity contribution in [3.05, 3.63) is 0 Å². The van der Waals surface area contributed by atoms with Crippen molar-refractivity contribution in [1.82, 2.24) is 10.6 Å². The Hall–Kier alpha value is -1.10. The van der Waals surface area contributed by atoms with Crippen molar-refractivity contribution in [1.29, 1.82) is 0 Å². The van der Waals surface area contributed by atoms with Gasteiger partial charge in [0.15, 0.2) is 0 Å². The van der Waals surface area contributed by atoms with Crippen LogP contribution in [-0.2, 0) is 14.3 Å². The zero-order chi connectivity index (χ0) is 14.9. The summed E-state index contributed by atoms with van der Waals surface area (Å²) in [6.45, 7) is 10.8. The number of hydrogen-bond donors (Lipinski definition) is 2. The zero-order valence-electron chi connectivity index (χ0n) is 12.8. The average molecular weight is 272 g/mol. The first kappa shape index (κ1) is 17.9. The van der Waals surface area contributed by atoms with Crippen LogP contribution in [0.5, 0.6) is 0 Å². The fourth-order valence-corrected chi connectivity index (χ4v) is 1.24. The maximum absolute atomic E-state index is 11.6. The van der Waals surface area contributed by atoms with Crippen molar-refractivity contribution >= 4 is 11.8 Å². The molecule has 0 fully saturated rings. The number of carbonyl (C=O) groups is 2. The molecule has 0 saturated heterocycles. The van der Waals surface area contributed by atoms with Crippen LogP contribution in [0, 0.1) is 5.41 Å². The highest BCUT2D eigenvalue weighted by Gasteiger charge is 2.19. The van der Waals surface area contributed by atoms with Crippen LogP contribution >= 0.6 is 0 Å². The van der Waals surface area contributed by atoms with Crippen LogP contribution in [0.2, 0.25) is 0 Å². The molecule has 0 rings (SSSR count). The van der Waals surface area contributed by atoms with E-state index in [0.29, 0.717) is 13.1 Å². The second-order valence-corrected chi connectivity index (χ2v) is 5.92. The van der Waals surface area contributed by atoms with Gasteiger partial charge in [0.05, 0.1) is 6.10 Å². The molecule has 0 aliphatic rings. The summed E-state index contributed by atoms with van der Waals surface area (Å²) in [6, 6.07) is 0. The van der Waals surface area contributed by atoms with Crippen molar-refractivity contribution in [2.75, 3.05) is 19.7 Å². The molecule has 0 aromatic rings. The number of unbranched alkanes of at least 4 members (excludes halogenated alkanes) is 1. The van der Waals surface area contributed by atoms with E-state index in [0.717, 1.165) is 12.8 Å². The second kappa shape index (κ2) is 8.91. The molecule has 0 spiro atoms. The molecule has 0 bridgehead atoms. The van der Waals surface area contributed by atoms with Gasteiger partial charge in [0.25, 0.3) is 0 Å². The third-order valence-corrected chi connectivity index (χ3v) is 2.44. The summed E-state index contributed by atoms with van der Waals surface area (Å²) in [7, 11) is 0. The minimum atomic E-state index is -0.345. The summed E-state index contributed by atoms with van der Waals surface area (Å²) in [5, 5.41) is 5.65. The molecule has 5 nitrogen and oxygen atoms in total. The van der Waals surface area contributed by atoms with E-state index < -0.39 is 0 Å². The zero-order valence-corrected chi connectivity index (χ0v) is 12.8. The lowest BCUT2D eigenvalue weighted by atomic mass is 9.96. The minimum absolute atomic E-state index is 0.0573. The van der Waals surface area contributed by atoms with E-state index in [2.05, 4.69) is 10.6 Å². The van der Waals surface area contributed by atoms with Crippen LogP contribution in [0.15, 0.2) is 0 Å². The molecule has 2 amide bonds. The Morgan fingerprint density at radius 2 is 1.58 bits per heavy atom. The molecule has 0 aliphatic carbocycles. The molecule has 0 aliphatic heterocycles. The lowest BCUT2D eigenvalue weighted by molar-refractivity contribution is -0.128. The van der Waals surface area contributed by atoms with Gasteiger partial charge in [-0.25, -0.2) is 0 Å². The quantitative estimate of drug-likeness (QED) is 0.658. The van der Waals surface area contributed by atoms with Crippen LogP contribution in [0.1, 0.15) is 47.5 Å². The Balaban J connectivity index is 3.46. The van der Waals surface area contributed by atoms with Gasteiger partial charge in [-0.05, 0) is 26.7 Å². The first-order valence-electron chi connectivity index (χ1n) is 6.90. The maximum Gasteiger partial charge on any atom is 0.246 e. The van der Waals surface area contributed by atoms with Gasteiger partial charge in [-0.1, -0.05) is 20.8 Å². The van der Waals surface area contributed by atoms with Crippen molar-refractivity contribution in [3.63, 3.8) is 0 Å². The van der Waals surface area contributed by atoms with Gasteiger partial charge in [0.1, 0.15) is 6.61 Å². The van der Waals surface area contributed by atoms with Gasteiger partial charge in [-0.3, -0.25) is 9.59 Å². The SMILES string of the molecule is CC(C)OCC(=O)NCCCCNC(=O)C(C)(C)C. The van der Waals surface area contributed by atoms with E-state index in [-0.39, 0.29) is 29.9 Å². The number of rotatable bonds is 8. The smallest absolute Gasteiger partial charge is 0.246 e. The molecule has 0 atom stereocenters. The molecule has 2 N–H and O–H groups in total. The topological polar surface area (TPSA) is 67.4 Å². The summed E-state index contributed by atoms with van der Waals surface area (Å²) in [5.74, 6) is -0.0331. The Bertz CT molecular complexity index is 283. The van der Waals surface area contributed by atoms with Crippen LogP contribution in [-0.4, -0.2) is 37.6 Å². The predicted octanol–water partition coefficient (Wildman–Crippen LogP) is 1.47. The van der Waals surface area contributed by atoms with Crippen molar-refractivity contribution in [3.8, 4) is 0 Å². The van der Waals surface area contributed by atoms with Crippen LogP contribution < -0.4 is 10.6 Å². The lowest BCUT2D eigenvalue weighted by Crippen LogP contribution is -2.35. The summed E-state index contributed by atoms with van der Waals surface area (Å²) in [4.78, 5) is 22.9. The fraction of sp³-hybridized carbons (Fsp3) is 0.857. The molecule has 0 heterocycles. The van der Waals surface area contributed by atoms with E-state index in [4.69, 9.17) is 4.74 Å². The normalized spacial score (nSPS) is 11.5. The van der Waals surface area contributed by atoms with Gasteiger partial charge in [-0.2, -0.15) is 0 Å². The average Bonchev–Trinajstić information content (AvgIpc) is 2.29. The number of carbonyl (C=O) groups excluding carboxylic acids is 2. The van der Waals surface area contributed by atoms with E-state index in [1.165, 1.54) is 0 Å². The monoisotopic (exact) mass is 272 g/mol. The van der Waals surface area contributed by atoms with Crippen molar-refractivity contribution < 1.29 is 14.3 Å². The lowest BCUT2D eigenvalue weighted by Gasteiger charge is -2.17. The predicted molar refractivity (Wildman–Crippen MR) is 75.8 cm³/mol. The summed E-state index contributed by atoms with van der Waals surface area (Å²) < 4.78 is 5.18. The molecule has 5 heteroatoms. The van der Waals surface area contributed by atoms with Gasteiger partial charge >= 0.3 is 0 Å². The van der Waals surface area contributed by atoms with Crippen LogP contribution in [0.25, 0.3) is 0 Å². The standard InChI is InChI=1S/C14H28N2O3/c1-11(2)19-10-12(17)15-8-6-7-9-16-13(18)14(3,4)5/h11H,6-10H2,1-5H3,(H,15,17)(H,16,18). The Morgan fingerprint density at radius 3 is 2.05 bits per heavy atom. The highest BCUT2D eigenvalue weighted by Crippen LogP contribution is 2.12. The van der Waals surface area contributed by atoms with Gasteiger partial charge in [-0.15, -0.1) is 0 Å². The molecule has 0 aromatic heterocycles. The first-order valence-corrected chi connectivity index (χ1v) is 6.90. The fourth-order valence-electron chi connectivity index (χ4n) is 1.24. The summed E-state index contributed by atoms with van der Waals surface area (Å²) in [6.07, 6.45) is 1.77. The van der Waals surface area contributed by atoms with Crippen molar-refractivity contribution in [2.24, 2.45) is 5.41 Å². The van der Waals surface area contributed by atoms with Gasteiger partial charge < -0.3 is 15.4 Å². The number of ether oxygens (including phenoxy) is 1. The number of amides is 2. The van der Waals surface area contributed by atoms with E-state index in [9.17, 15) is 9.59 Å². The van der Waals surface area contributed by atoms with Crippen LogP contribution in [0.4, 0.5) is 0 Å². The highest BCUT2D eigenvalue weighted by molar-refractivity contribution is 5.81. The molecule has 112 valence electrons. The minimum Gasteiger partial charge on any atom is -0.369 e. The Morgan fingerprint density at radius 1 is 1.05 bits per heavy atom. The largest absolute Gasteiger partial charge is 0.369 e. The number of nitrogens with one attached hydrogen (secondary N) is 2. The van der Waals surface area contributed by atoms with Crippen LogP contribution in [0.3, 0.4) is 0 Å². The Labute approximate surface area is 116 Å². The third kappa shape index (κ3) is 10.5. The molecule has 0 radical (unpaired) electrons. The van der Waals surface area contributed by atoms with Gasteiger partial charge in [0.2, 0.25) is 11.8 Å². The molecule has 0 saturated carbocycles. The first-order chi connectivity index (χ1) is 8.73. The molecule has 0 unspecified atom stereocenters. The maximum atomic E-state index is 11.6. The van der Waals surface area contributed by atoms with E-state index >= 15 is 0 Å². The molecule has 0 aromatic carbocycles. The highest BCUT2D eigenvalue weighted by atomic mass is 16.5. The third-order valence-electron chi connectivity index (χ3n) is 2.44.